The Morgan fingerprint density at radius 2 is 2.00 bits per heavy atom. The minimum atomic E-state index is -0.688. The predicted molar refractivity (Wildman–Crippen MR) is 62.9 cm³/mol. The van der Waals surface area contributed by atoms with Crippen molar-refractivity contribution in [3.63, 3.8) is 0 Å². The number of hydrogen-bond acceptors (Lipinski definition) is 2. The normalized spacial score (nSPS) is 20.5. The Morgan fingerprint density at radius 1 is 1.44 bits per heavy atom. The summed E-state index contributed by atoms with van der Waals surface area (Å²) in [6, 6.07) is -0.688. The third-order valence-electron chi connectivity index (χ3n) is 3.03. The van der Waals surface area contributed by atoms with Gasteiger partial charge in [0.05, 0.1) is 0 Å². The van der Waals surface area contributed by atoms with Crippen molar-refractivity contribution in [3.8, 4) is 0 Å². The number of ether oxygens (including phenoxy) is 1. The predicted octanol–water partition coefficient (Wildman–Crippen LogP) is 1.23. The minimum absolute atomic E-state index is 0.154. The van der Waals surface area contributed by atoms with Gasteiger partial charge in [-0.2, -0.15) is 0 Å². The van der Waals surface area contributed by atoms with Crippen LogP contribution in [-0.4, -0.2) is 31.7 Å². The van der Waals surface area contributed by atoms with E-state index in [4.69, 9.17) is 10.5 Å². The lowest BCUT2D eigenvalue weighted by Crippen LogP contribution is -2.45. The number of amides is 1. The molecule has 1 aliphatic rings. The molecule has 1 heterocycles. The summed E-state index contributed by atoms with van der Waals surface area (Å²) in [5.74, 6) is 0.365. The molecule has 93 valence electrons. The zero-order valence-electron chi connectivity index (χ0n) is 10.5. The van der Waals surface area contributed by atoms with Crippen molar-refractivity contribution in [3.05, 3.63) is 0 Å². The van der Waals surface area contributed by atoms with Crippen LogP contribution in [0.15, 0.2) is 0 Å². The largest absolute Gasteiger partial charge is 0.381 e. The van der Waals surface area contributed by atoms with Gasteiger partial charge < -0.3 is 10.1 Å². The Hall–Kier alpha value is -0.610. The van der Waals surface area contributed by atoms with E-state index in [1.165, 1.54) is 0 Å². The molecule has 0 saturated carbocycles. The molecule has 1 radical (unpaired) electrons. The monoisotopic (exact) mass is 227 g/mol. The topological polar surface area (TPSA) is 62.1 Å². The maximum Gasteiger partial charge on any atom is 0.239 e. The fourth-order valence-electron chi connectivity index (χ4n) is 1.69. The van der Waals surface area contributed by atoms with E-state index in [-0.39, 0.29) is 11.3 Å². The quantitative estimate of drug-likeness (QED) is 0.788. The van der Waals surface area contributed by atoms with Crippen molar-refractivity contribution >= 4 is 5.91 Å². The molecule has 1 atom stereocenters. The van der Waals surface area contributed by atoms with Crippen LogP contribution in [0.5, 0.6) is 0 Å². The van der Waals surface area contributed by atoms with Crippen molar-refractivity contribution in [2.75, 3.05) is 19.8 Å². The molecule has 16 heavy (non-hydrogen) atoms. The van der Waals surface area contributed by atoms with Gasteiger partial charge in [0.2, 0.25) is 5.91 Å². The highest BCUT2D eigenvalue weighted by Gasteiger charge is 2.28. The standard InChI is InChI=1S/C12H23N2O2/c1-12(2,3)10(13)11(15)14-8-9-4-6-16-7-5-9/h9-10,13H,4-8H2,1-3H3,(H,14,15). The van der Waals surface area contributed by atoms with Crippen LogP contribution < -0.4 is 11.1 Å². The molecule has 0 bridgehead atoms. The van der Waals surface area contributed by atoms with E-state index >= 15 is 0 Å². The van der Waals surface area contributed by atoms with E-state index in [2.05, 4.69) is 5.32 Å². The van der Waals surface area contributed by atoms with E-state index in [1.54, 1.807) is 0 Å². The zero-order valence-corrected chi connectivity index (χ0v) is 10.5. The van der Waals surface area contributed by atoms with E-state index < -0.39 is 6.04 Å². The highest BCUT2D eigenvalue weighted by Crippen LogP contribution is 2.19. The molecule has 4 heteroatoms. The summed E-state index contributed by atoms with van der Waals surface area (Å²) < 4.78 is 5.26. The molecule has 1 saturated heterocycles. The summed E-state index contributed by atoms with van der Waals surface area (Å²) in [4.78, 5) is 11.7. The van der Waals surface area contributed by atoms with Gasteiger partial charge >= 0.3 is 0 Å². The van der Waals surface area contributed by atoms with E-state index in [0.29, 0.717) is 12.5 Å². The lowest BCUT2D eigenvalue weighted by atomic mass is 9.87. The van der Waals surface area contributed by atoms with Crippen LogP contribution >= 0.6 is 0 Å². The molecule has 0 aromatic carbocycles. The van der Waals surface area contributed by atoms with Gasteiger partial charge in [-0.25, -0.2) is 5.73 Å². The molecule has 4 nitrogen and oxygen atoms in total. The smallest absolute Gasteiger partial charge is 0.239 e. The molecule has 0 aromatic rings. The molecule has 1 amide bonds. The first-order valence-corrected chi connectivity index (χ1v) is 5.98. The first-order valence-electron chi connectivity index (χ1n) is 5.98. The van der Waals surface area contributed by atoms with Crippen LogP contribution in [0.1, 0.15) is 33.6 Å². The summed E-state index contributed by atoms with van der Waals surface area (Å²) in [5, 5.41) is 2.88. The molecule has 0 spiro atoms. The van der Waals surface area contributed by atoms with Crippen LogP contribution in [0, 0.1) is 11.3 Å². The summed E-state index contributed by atoms with van der Waals surface area (Å²) in [5.41, 5.74) is 7.52. The number of nitrogens with one attached hydrogen (secondary N) is 2. The molecule has 1 unspecified atom stereocenters. The van der Waals surface area contributed by atoms with E-state index in [1.807, 2.05) is 20.8 Å². The molecule has 1 rings (SSSR count). The van der Waals surface area contributed by atoms with Gasteiger partial charge in [-0.05, 0) is 24.2 Å². The Balaban J connectivity index is 2.29. The minimum Gasteiger partial charge on any atom is -0.381 e. The second kappa shape index (κ2) is 5.64. The molecular formula is C12H23N2O2. The van der Waals surface area contributed by atoms with Crippen molar-refractivity contribution in [1.29, 1.82) is 0 Å². The molecule has 2 N–H and O–H groups in total. The van der Waals surface area contributed by atoms with Crippen LogP contribution in [0.4, 0.5) is 0 Å². The third-order valence-corrected chi connectivity index (χ3v) is 3.03. The Morgan fingerprint density at radius 3 is 2.50 bits per heavy atom. The second-order valence-corrected chi connectivity index (χ2v) is 5.60. The van der Waals surface area contributed by atoms with Crippen molar-refractivity contribution < 1.29 is 9.53 Å². The summed E-state index contributed by atoms with van der Waals surface area (Å²) >= 11 is 0. The van der Waals surface area contributed by atoms with Crippen molar-refractivity contribution in [1.82, 2.24) is 11.1 Å². The Bertz CT molecular complexity index is 230. The van der Waals surface area contributed by atoms with E-state index in [9.17, 15) is 4.79 Å². The summed E-state index contributed by atoms with van der Waals surface area (Å²) in [6.07, 6.45) is 2.02. The average molecular weight is 227 g/mol. The first kappa shape index (κ1) is 13.5. The van der Waals surface area contributed by atoms with Crippen LogP contribution in [0.25, 0.3) is 0 Å². The number of carbonyl (C=O) groups excluding carboxylic acids is 1. The highest BCUT2D eigenvalue weighted by atomic mass is 16.5. The van der Waals surface area contributed by atoms with Gasteiger partial charge in [0, 0.05) is 19.8 Å². The van der Waals surface area contributed by atoms with Gasteiger partial charge in [0.15, 0.2) is 0 Å². The van der Waals surface area contributed by atoms with Gasteiger partial charge in [-0.3, -0.25) is 4.79 Å². The fraction of sp³-hybridized carbons (Fsp3) is 0.917. The summed E-state index contributed by atoms with van der Waals surface area (Å²) in [6.45, 7) is 8.03. The zero-order chi connectivity index (χ0) is 12.2. The fourth-order valence-corrected chi connectivity index (χ4v) is 1.69. The molecule has 0 aliphatic carbocycles. The maximum atomic E-state index is 11.7. The molecule has 1 aliphatic heterocycles. The number of hydrogen-bond donors (Lipinski definition) is 1. The number of carbonyl (C=O) groups is 1. The molecule has 0 aromatic heterocycles. The third kappa shape index (κ3) is 4.10. The Kier molecular flexibility index (Phi) is 4.74. The SMILES string of the molecule is CC(C)(C)C([NH])C(=O)NCC1CCOCC1. The maximum absolute atomic E-state index is 11.7. The number of rotatable bonds is 3. The van der Waals surface area contributed by atoms with Crippen molar-refractivity contribution in [2.24, 2.45) is 11.3 Å². The highest BCUT2D eigenvalue weighted by molar-refractivity contribution is 5.82. The van der Waals surface area contributed by atoms with Gasteiger partial charge in [-0.1, -0.05) is 20.8 Å². The molecular weight excluding hydrogens is 204 g/mol. The van der Waals surface area contributed by atoms with Gasteiger partial charge in [0.25, 0.3) is 0 Å². The lowest BCUT2D eigenvalue weighted by molar-refractivity contribution is -0.125. The van der Waals surface area contributed by atoms with E-state index in [0.717, 1.165) is 26.1 Å². The van der Waals surface area contributed by atoms with Crippen LogP contribution in [-0.2, 0) is 9.53 Å². The first-order chi connectivity index (χ1) is 7.41. The van der Waals surface area contributed by atoms with Gasteiger partial charge in [0.1, 0.15) is 6.04 Å². The van der Waals surface area contributed by atoms with Gasteiger partial charge in [-0.15, -0.1) is 0 Å². The average Bonchev–Trinajstić information content (AvgIpc) is 2.25. The van der Waals surface area contributed by atoms with Crippen molar-refractivity contribution in [2.45, 2.75) is 39.7 Å². The van der Waals surface area contributed by atoms with Crippen LogP contribution in [0.3, 0.4) is 0 Å². The second-order valence-electron chi connectivity index (χ2n) is 5.60. The Labute approximate surface area is 97.9 Å². The molecule has 1 fully saturated rings. The van der Waals surface area contributed by atoms with Crippen LogP contribution in [0.2, 0.25) is 0 Å². The lowest BCUT2D eigenvalue weighted by Gasteiger charge is -2.27. The summed E-state index contributed by atoms with van der Waals surface area (Å²) in [7, 11) is 0.